The van der Waals surface area contributed by atoms with E-state index in [4.69, 9.17) is 5.73 Å². The Morgan fingerprint density at radius 3 is 2.65 bits per heavy atom. The molecule has 8 heteroatoms. The zero-order valence-corrected chi connectivity index (χ0v) is 15.3. The van der Waals surface area contributed by atoms with Crippen molar-refractivity contribution in [3.63, 3.8) is 0 Å². The third-order valence-corrected chi connectivity index (χ3v) is 5.43. The van der Waals surface area contributed by atoms with Gasteiger partial charge in [-0.1, -0.05) is 37.4 Å². The molecule has 1 aliphatic rings. The van der Waals surface area contributed by atoms with Crippen molar-refractivity contribution >= 4 is 29.3 Å². The quantitative estimate of drug-likeness (QED) is 0.485. The predicted molar refractivity (Wildman–Crippen MR) is 101 cm³/mol. The summed E-state index contributed by atoms with van der Waals surface area (Å²) in [5.41, 5.74) is 6.19. The lowest BCUT2D eigenvalue weighted by molar-refractivity contribution is 0.102. The van der Waals surface area contributed by atoms with Crippen LogP contribution < -0.4 is 11.1 Å². The van der Waals surface area contributed by atoms with E-state index < -0.39 is 6.03 Å². The molecule has 0 bridgehead atoms. The van der Waals surface area contributed by atoms with E-state index in [9.17, 15) is 9.59 Å². The molecule has 0 atom stereocenters. The molecule has 1 fully saturated rings. The Morgan fingerprint density at radius 1 is 1.23 bits per heavy atom. The second kappa shape index (κ2) is 8.84. The van der Waals surface area contributed by atoms with Crippen LogP contribution in [-0.4, -0.2) is 32.7 Å². The van der Waals surface area contributed by atoms with E-state index >= 15 is 0 Å². The number of hydrogen-bond acceptors (Lipinski definition) is 5. The minimum Gasteiger partial charge on any atom is -0.351 e. The lowest BCUT2D eigenvalue weighted by atomic mass is 10.0. The van der Waals surface area contributed by atoms with Gasteiger partial charge >= 0.3 is 6.03 Å². The Morgan fingerprint density at radius 2 is 1.96 bits per heavy atom. The van der Waals surface area contributed by atoms with Crippen molar-refractivity contribution in [1.29, 1.82) is 0 Å². The van der Waals surface area contributed by atoms with Crippen LogP contribution in [0.5, 0.6) is 0 Å². The monoisotopic (exact) mass is 373 g/mol. The highest BCUT2D eigenvalue weighted by Gasteiger charge is 2.16. The van der Waals surface area contributed by atoms with Gasteiger partial charge in [0, 0.05) is 17.7 Å². The van der Waals surface area contributed by atoms with Crippen molar-refractivity contribution in [3.05, 3.63) is 35.7 Å². The molecule has 7 nitrogen and oxygen atoms in total. The number of rotatable bonds is 8. The first kappa shape index (κ1) is 18.4. The fourth-order valence-corrected chi connectivity index (χ4v) is 3.90. The summed E-state index contributed by atoms with van der Waals surface area (Å²) < 4.78 is 0. The van der Waals surface area contributed by atoms with Gasteiger partial charge in [-0.2, -0.15) is 0 Å². The molecule has 0 saturated heterocycles. The number of thioether (sulfide) groups is 1. The molecule has 4 N–H and O–H groups in total. The lowest BCUT2D eigenvalue weighted by Crippen LogP contribution is -2.19. The van der Waals surface area contributed by atoms with Gasteiger partial charge in [-0.3, -0.25) is 9.89 Å². The zero-order chi connectivity index (χ0) is 18.4. The maximum Gasteiger partial charge on any atom is 0.316 e. The van der Waals surface area contributed by atoms with E-state index in [1.807, 2.05) is 0 Å². The maximum atomic E-state index is 12.3. The number of urea groups is 1. The first-order chi connectivity index (χ1) is 12.6. The molecule has 2 amide bonds. The van der Waals surface area contributed by atoms with Crippen molar-refractivity contribution in [1.82, 2.24) is 15.2 Å². The van der Waals surface area contributed by atoms with Gasteiger partial charge in [-0.05, 0) is 36.6 Å². The fourth-order valence-electron chi connectivity index (χ4n) is 3.19. The summed E-state index contributed by atoms with van der Waals surface area (Å²) >= 11 is 1.32. The second-order valence-corrected chi connectivity index (χ2v) is 7.47. The van der Waals surface area contributed by atoms with Crippen molar-refractivity contribution in [3.8, 4) is 0 Å². The van der Waals surface area contributed by atoms with Crippen molar-refractivity contribution in [2.75, 3.05) is 11.1 Å². The average Bonchev–Trinajstić information content (AvgIpc) is 3.30. The van der Waals surface area contributed by atoms with E-state index in [2.05, 4.69) is 20.5 Å². The van der Waals surface area contributed by atoms with Crippen LogP contribution in [0, 0.1) is 5.92 Å². The van der Waals surface area contributed by atoms with Crippen molar-refractivity contribution in [2.45, 2.75) is 43.7 Å². The topological polar surface area (TPSA) is 114 Å². The number of primary amides is 1. The Labute approximate surface area is 156 Å². The van der Waals surface area contributed by atoms with E-state index in [-0.39, 0.29) is 11.5 Å². The Bertz CT molecular complexity index is 753. The lowest BCUT2D eigenvalue weighted by Gasteiger charge is -2.05. The van der Waals surface area contributed by atoms with Gasteiger partial charge in [0.2, 0.25) is 5.16 Å². The summed E-state index contributed by atoms with van der Waals surface area (Å²) in [5, 5.41) is 10.2. The molecule has 1 heterocycles. The van der Waals surface area contributed by atoms with Crippen LogP contribution in [0.25, 0.3) is 0 Å². The van der Waals surface area contributed by atoms with Crippen LogP contribution in [-0.2, 0) is 6.42 Å². The SMILES string of the molecule is NC(=O)Nc1ccc(C(=O)CSc2n[nH]c(CCC3CCCC3)n2)cc1. The molecule has 1 saturated carbocycles. The molecular formula is C18H23N5O2S. The number of aryl methyl sites for hydroxylation is 1. The largest absolute Gasteiger partial charge is 0.351 e. The molecule has 138 valence electrons. The number of carbonyl (C=O) groups is 2. The number of H-pyrrole nitrogens is 1. The number of aromatic nitrogens is 3. The minimum atomic E-state index is -0.632. The number of amides is 2. The predicted octanol–water partition coefficient (Wildman–Crippen LogP) is 3.39. The van der Waals surface area contributed by atoms with Crippen LogP contribution in [0.1, 0.15) is 48.3 Å². The summed E-state index contributed by atoms with van der Waals surface area (Å²) in [6.45, 7) is 0. The Kier molecular flexibility index (Phi) is 6.27. The zero-order valence-electron chi connectivity index (χ0n) is 14.5. The van der Waals surface area contributed by atoms with E-state index in [0.717, 1.165) is 24.6 Å². The van der Waals surface area contributed by atoms with Gasteiger partial charge in [0.1, 0.15) is 5.82 Å². The van der Waals surface area contributed by atoms with Crippen molar-refractivity contribution in [2.24, 2.45) is 11.7 Å². The van der Waals surface area contributed by atoms with Crippen LogP contribution >= 0.6 is 11.8 Å². The van der Waals surface area contributed by atoms with Crippen molar-refractivity contribution < 1.29 is 9.59 Å². The summed E-state index contributed by atoms with van der Waals surface area (Å²) in [6, 6.07) is 6.00. The second-order valence-electron chi connectivity index (χ2n) is 6.53. The third kappa shape index (κ3) is 5.32. The first-order valence-corrected chi connectivity index (χ1v) is 9.82. The van der Waals surface area contributed by atoms with Gasteiger partial charge in [-0.15, -0.1) is 5.10 Å². The number of benzene rings is 1. The van der Waals surface area contributed by atoms with Gasteiger partial charge < -0.3 is 11.1 Å². The Balaban J connectivity index is 1.46. The van der Waals surface area contributed by atoms with Gasteiger partial charge in [0.15, 0.2) is 5.78 Å². The highest BCUT2D eigenvalue weighted by atomic mass is 32.2. The molecule has 2 aromatic rings. The summed E-state index contributed by atoms with van der Waals surface area (Å²) in [6.07, 6.45) is 7.44. The number of hydrogen-bond donors (Lipinski definition) is 3. The number of aromatic amines is 1. The number of nitrogens with two attached hydrogens (primary N) is 1. The molecule has 0 radical (unpaired) electrons. The number of nitrogens with zero attached hydrogens (tertiary/aromatic N) is 2. The average molecular weight is 373 g/mol. The summed E-state index contributed by atoms with van der Waals surface area (Å²) in [7, 11) is 0. The number of anilines is 1. The molecule has 0 aliphatic heterocycles. The number of carbonyl (C=O) groups excluding carboxylic acids is 2. The smallest absolute Gasteiger partial charge is 0.316 e. The minimum absolute atomic E-state index is 0.0158. The Hall–Kier alpha value is -2.35. The normalized spacial score (nSPS) is 14.5. The van der Waals surface area contributed by atoms with Crippen LogP contribution in [0.4, 0.5) is 10.5 Å². The first-order valence-electron chi connectivity index (χ1n) is 8.84. The maximum absolute atomic E-state index is 12.3. The van der Waals surface area contributed by atoms with Gasteiger partial charge in [0.05, 0.1) is 5.75 Å². The van der Waals surface area contributed by atoms with E-state index in [1.54, 1.807) is 24.3 Å². The molecule has 1 aliphatic carbocycles. The molecule has 26 heavy (non-hydrogen) atoms. The fraction of sp³-hybridized carbons (Fsp3) is 0.444. The van der Waals surface area contributed by atoms with Crippen LogP contribution in [0.3, 0.4) is 0 Å². The molecule has 1 aromatic carbocycles. The number of Topliss-reactive ketones (excluding diaryl/α,β-unsaturated/α-hetero) is 1. The van der Waals surface area contributed by atoms with Gasteiger partial charge in [-0.25, -0.2) is 9.78 Å². The molecule has 0 unspecified atom stereocenters. The highest BCUT2D eigenvalue weighted by molar-refractivity contribution is 7.99. The molecule has 1 aromatic heterocycles. The van der Waals surface area contributed by atoms with E-state index in [1.165, 1.54) is 37.4 Å². The number of ketones is 1. The van der Waals surface area contributed by atoms with Gasteiger partial charge in [0.25, 0.3) is 0 Å². The summed E-state index contributed by atoms with van der Waals surface area (Å²) in [4.78, 5) is 27.5. The highest BCUT2D eigenvalue weighted by Crippen LogP contribution is 2.28. The molecular weight excluding hydrogens is 350 g/mol. The molecule has 0 spiro atoms. The summed E-state index contributed by atoms with van der Waals surface area (Å²) in [5.74, 6) is 1.97. The standard InChI is InChI=1S/C18H23N5O2S/c19-17(25)20-14-8-6-13(7-9-14)15(24)11-26-18-21-16(22-23-18)10-5-12-3-1-2-4-12/h6-9,12H,1-5,10-11H2,(H3,19,20,25)(H,21,22,23). The van der Waals surface area contributed by atoms with Crippen LogP contribution in [0.2, 0.25) is 0 Å². The number of nitrogens with one attached hydrogen (secondary N) is 2. The van der Waals surface area contributed by atoms with Crippen LogP contribution in [0.15, 0.2) is 29.4 Å². The third-order valence-electron chi connectivity index (χ3n) is 4.58. The molecule has 3 rings (SSSR count). The van der Waals surface area contributed by atoms with E-state index in [0.29, 0.717) is 16.4 Å².